The highest BCUT2D eigenvalue weighted by atomic mass is 35.5. The van der Waals surface area contributed by atoms with Crippen LogP contribution in [-0.2, 0) is 9.59 Å². The number of hydrogen-bond acceptors (Lipinski definition) is 2. The lowest BCUT2D eigenvalue weighted by Gasteiger charge is -2.31. The minimum absolute atomic E-state index is 0.00699. The second-order valence-corrected chi connectivity index (χ2v) is 5.51. The first-order chi connectivity index (χ1) is 8.48. The molecule has 1 fully saturated rings. The van der Waals surface area contributed by atoms with Crippen molar-refractivity contribution in [1.29, 1.82) is 0 Å². The molecule has 0 radical (unpaired) electrons. The number of carbonyl (C=O) groups is 2. The molecule has 1 aliphatic carbocycles. The third-order valence-corrected chi connectivity index (χ3v) is 4.46. The van der Waals surface area contributed by atoms with E-state index in [4.69, 9.17) is 11.6 Å². The lowest BCUT2D eigenvalue weighted by atomic mass is 9.68. The highest BCUT2D eigenvalue weighted by Crippen LogP contribution is 2.47. The molecule has 0 bridgehead atoms. The molecular weight excluding hydrogens is 248 g/mol. The number of halogens is 1. The Morgan fingerprint density at radius 2 is 1.94 bits per heavy atom. The first-order valence-corrected chi connectivity index (χ1v) is 6.66. The first-order valence-electron chi connectivity index (χ1n) is 6.28. The fourth-order valence-electron chi connectivity index (χ4n) is 3.06. The zero-order chi connectivity index (χ0) is 13.3. The maximum absolute atomic E-state index is 12.2. The van der Waals surface area contributed by atoms with Gasteiger partial charge in [-0.25, -0.2) is 0 Å². The maximum atomic E-state index is 12.2. The highest BCUT2D eigenvalue weighted by molar-refractivity contribution is 6.30. The SMILES string of the molecule is CC(=O)C1(C(C)c2ccc(Cl)cc2)CCCC1=O. The van der Waals surface area contributed by atoms with Crippen molar-refractivity contribution < 1.29 is 9.59 Å². The molecule has 1 aromatic rings. The largest absolute Gasteiger partial charge is 0.299 e. The molecule has 96 valence electrons. The van der Waals surface area contributed by atoms with E-state index in [1.54, 1.807) is 12.1 Å². The third kappa shape index (κ3) is 1.99. The van der Waals surface area contributed by atoms with E-state index in [0.29, 0.717) is 17.9 Å². The number of Topliss-reactive ketones (excluding diaryl/α,β-unsaturated/α-hetero) is 2. The third-order valence-electron chi connectivity index (χ3n) is 4.21. The second kappa shape index (κ2) is 4.85. The van der Waals surface area contributed by atoms with Crippen molar-refractivity contribution in [2.24, 2.45) is 5.41 Å². The van der Waals surface area contributed by atoms with E-state index in [-0.39, 0.29) is 17.5 Å². The summed E-state index contributed by atoms with van der Waals surface area (Å²) in [7, 11) is 0. The molecule has 1 aliphatic rings. The molecule has 2 unspecified atom stereocenters. The van der Waals surface area contributed by atoms with Gasteiger partial charge in [-0.15, -0.1) is 0 Å². The minimum Gasteiger partial charge on any atom is -0.299 e. The van der Waals surface area contributed by atoms with Crippen molar-refractivity contribution in [2.45, 2.75) is 39.0 Å². The van der Waals surface area contributed by atoms with E-state index >= 15 is 0 Å². The van der Waals surface area contributed by atoms with Crippen molar-refractivity contribution in [3.8, 4) is 0 Å². The Morgan fingerprint density at radius 3 is 2.39 bits per heavy atom. The molecule has 0 aromatic heterocycles. The smallest absolute Gasteiger partial charge is 0.147 e. The van der Waals surface area contributed by atoms with Gasteiger partial charge in [0.2, 0.25) is 0 Å². The molecule has 1 saturated carbocycles. The molecule has 0 saturated heterocycles. The van der Waals surface area contributed by atoms with Gasteiger partial charge in [0.25, 0.3) is 0 Å². The van der Waals surface area contributed by atoms with Crippen molar-refractivity contribution in [3.63, 3.8) is 0 Å². The van der Waals surface area contributed by atoms with Crippen LogP contribution in [0.25, 0.3) is 0 Å². The van der Waals surface area contributed by atoms with Gasteiger partial charge in [0, 0.05) is 17.4 Å². The normalized spacial score (nSPS) is 25.2. The average Bonchev–Trinajstić information content (AvgIpc) is 2.72. The van der Waals surface area contributed by atoms with E-state index in [9.17, 15) is 9.59 Å². The summed E-state index contributed by atoms with van der Waals surface area (Å²) in [5.74, 6) is 0.00664. The van der Waals surface area contributed by atoms with Crippen LogP contribution in [-0.4, -0.2) is 11.6 Å². The molecule has 2 atom stereocenters. The maximum Gasteiger partial charge on any atom is 0.147 e. The van der Waals surface area contributed by atoms with E-state index in [1.165, 1.54) is 6.92 Å². The van der Waals surface area contributed by atoms with Crippen LogP contribution in [0.1, 0.15) is 44.6 Å². The summed E-state index contributed by atoms with van der Waals surface area (Å²) in [4.78, 5) is 24.2. The van der Waals surface area contributed by atoms with Gasteiger partial charge in [-0.3, -0.25) is 9.59 Å². The van der Waals surface area contributed by atoms with E-state index in [0.717, 1.165) is 12.0 Å². The summed E-state index contributed by atoms with van der Waals surface area (Å²) in [6.45, 7) is 3.50. The summed E-state index contributed by atoms with van der Waals surface area (Å²) in [5.41, 5.74) is 0.193. The Morgan fingerprint density at radius 1 is 1.33 bits per heavy atom. The fourth-order valence-corrected chi connectivity index (χ4v) is 3.19. The van der Waals surface area contributed by atoms with E-state index < -0.39 is 5.41 Å². The monoisotopic (exact) mass is 264 g/mol. The molecule has 0 heterocycles. The summed E-state index contributed by atoms with van der Waals surface area (Å²) < 4.78 is 0. The summed E-state index contributed by atoms with van der Waals surface area (Å²) in [5, 5.41) is 0.667. The summed E-state index contributed by atoms with van der Waals surface area (Å²) in [6, 6.07) is 7.42. The highest BCUT2D eigenvalue weighted by Gasteiger charge is 2.50. The van der Waals surface area contributed by atoms with Gasteiger partial charge < -0.3 is 0 Å². The fraction of sp³-hybridized carbons (Fsp3) is 0.467. The molecule has 0 N–H and O–H groups in total. The number of hydrogen-bond donors (Lipinski definition) is 0. The average molecular weight is 265 g/mol. The molecule has 0 amide bonds. The Balaban J connectivity index is 2.41. The van der Waals surface area contributed by atoms with Gasteiger partial charge >= 0.3 is 0 Å². The van der Waals surface area contributed by atoms with Crippen LogP contribution >= 0.6 is 11.6 Å². The Labute approximate surface area is 112 Å². The van der Waals surface area contributed by atoms with Crippen molar-refractivity contribution >= 4 is 23.2 Å². The molecule has 0 spiro atoms. The van der Waals surface area contributed by atoms with Gasteiger partial charge in [-0.05, 0) is 37.5 Å². The Bertz CT molecular complexity index is 478. The Hall–Kier alpha value is -1.15. The van der Waals surface area contributed by atoms with Crippen LogP contribution in [0.15, 0.2) is 24.3 Å². The van der Waals surface area contributed by atoms with Crippen LogP contribution in [0.3, 0.4) is 0 Å². The first kappa shape index (κ1) is 13.3. The summed E-state index contributed by atoms with van der Waals surface area (Å²) in [6.07, 6.45) is 2.01. The molecule has 2 rings (SSSR count). The predicted molar refractivity (Wildman–Crippen MR) is 71.8 cm³/mol. The van der Waals surface area contributed by atoms with Crippen LogP contribution in [0.2, 0.25) is 5.02 Å². The van der Waals surface area contributed by atoms with Gasteiger partial charge in [0.15, 0.2) is 0 Å². The zero-order valence-corrected chi connectivity index (χ0v) is 11.5. The molecule has 3 heteroatoms. The summed E-state index contributed by atoms with van der Waals surface area (Å²) >= 11 is 5.87. The molecule has 18 heavy (non-hydrogen) atoms. The van der Waals surface area contributed by atoms with Gasteiger partial charge in [0.05, 0.1) is 5.41 Å². The van der Waals surface area contributed by atoms with E-state index in [2.05, 4.69) is 0 Å². The van der Waals surface area contributed by atoms with Crippen molar-refractivity contribution in [3.05, 3.63) is 34.9 Å². The van der Waals surface area contributed by atoms with Crippen molar-refractivity contribution in [2.75, 3.05) is 0 Å². The number of ketones is 2. The predicted octanol–water partition coefficient (Wildman–Crippen LogP) is 3.77. The van der Waals surface area contributed by atoms with Crippen LogP contribution in [0, 0.1) is 5.41 Å². The zero-order valence-electron chi connectivity index (χ0n) is 10.7. The van der Waals surface area contributed by atoms with Crippen LogP contribution in [0.5, 0.6) is 0 Å². The van der Waals surface area contributed by atoms with Gasteiger partial charge in [-0.2, -0.15) is 0 Å². The topological polar surface area (TPSA) is 34.1 Å². The minimum atomic E-state index is -0.812. The number of benzene rings is 1. The number of carbonyl (C=O) groups excluding carboxylic acids is 2. The van der Waals surface area contributed by atoms with Crippen molar-refractivity contribution in [1.82, 2.24) is 0 Å². The van der Waals surface area contributed by atoms with Gasteiger partial charge in [0.1, 0.15) is 11.6 Å². The molecule has 0 aliphatic heterocycles. The lowest BCUT2D eigenvalue weighted by molar-refractivity contribution is -0.138. The van der Waals surface area contributed by atoms with Gasteiger partial charge in [-0.1, -0.05) is 30.7 Å². The number of rotatable bonds is 3. The molecule has 2 nitrogen and oxygen atoms in total. The lowest BCUT2D eigenvalue weighted by Crippen LogP contribution is -2.38. The molecular formula is C15H17ClO2. The quantitative estimate of drug-likeness (QED) is 0.779. The van der Waals surface area contributed by atoms with Crippen LogP contribution in [0.4, 0.5) is 0 Å². The van der Waals surface area contributed by atoms with E-state index in [1.807, 2.05) is 19.1 Å². The standard InChI is InChI=1S/C15H17ClO2/c1-10(12-5-7-13(16)8-6-12)15(11(2)17)9-3-4-14(15)18/h5-8,10H,3-4,9H2,1-2H3. The second-order valence-electron chi connectivity index (χ2n) is 5.08. The molecule has 1 aromatic carbocycles. The van der Waals surface area contributed by atoms with Crippen LogP contribution < -0.4 is 0 Å². The Kier molecular flexibility index (Phi) is 3.58.